The van der Waals surface area contributed by atoms with Crippen LogP contribution in [0.3, 0.4) is 0 Å². The van der Waals surface area contributed by atoms with Crippen molar-refractivity contribution >= 4 is 38.7 Å². The molecular formula is C23H23BrO5. The third-order valence-corrected chi connectivity index (χ3v) is 5.42. The van der Waals surface area contributed by atoms with Crippen LogP contribution in [0.25, 0.3) is 11.0 Å². The normalized spacial score (nSPS) is 11.1. The molecule has 0 bridgehead atoms. The minimum atomic E-state index is -1.05. The Morgan fingerprint density at radius 1 is 0.931 bits per heavy atom. The Labute approximate surface area is 177 Å². The van der Waals surface area contributed by atoms with Crippen LogP contribution in [0.4, 0.5) is 0 Å². The van der Waals surface area contributed by atoms with E-state index >= 15 is 0 Å². The van der Waals surface area contributed by atoms with Crippen LogP contribution in [0.1, 0.15) is 56.9 Å². The fourth-order valence-corrected chi connectivity index (χ4v) is 3.62. The molecule has 0 atom stereocenters. The molecule has 0 saturated carbocycles. The number of carboxylic acids is 1. The lowest BCUT2D eigenvalue weighted by Gasteiger charge is -2.05. The Hall–Kier alpha value is -2.44. The van der Waals surface area contributed by atoms with Crippen molar-refractivity contribution in [3.63, 3.8) is 0 Å². The maximum Gasteiger partial charge on any atom is 0.335 e. The summed E-state index contributed by atoms with van der Waals surface area (Å²) in [6.07, 6.45) is 3.73. The largest absolute Gasteiger partial charge is 0.478 e. The lowest BCUT2D eigenvalue weighted by molar-refractivity contribution is 0.0696. The van der Waals surface area contributed by atoms with Gasteiger partial charge in [0.15, 0.2) is 5.78 Å². The number of hydrogen-bond acceptors (Lipinski definition) is 4. The van der Waals surface area contributed by atoms with E-state index in [1.165, 1.54) is 12.1 Å². The van der Waals surface area contributed by atoms with Crippen LogP contribution in [0.15, 0.2) is 46.9 Å². The van der Waals surface area contributed by atoms with E-state index in [-0.39, 0.29) is 18.0 Å². The number of furan rings is 1. The van der Waals surface area contributed by atoms with Gasteiger partial charge >= 0.3 is 5.97 Å². The number of aliphatic hydroxyl groups excluding tert-OH is 1. The standard InChI is InChI=1S/C23H23BrO5/c24-12-3-4-15-6-8-16(9-7-15)22(26)21-18-14-17(23(27)28)10-11-19(18)29-20(21)5-1-2-13-25/h6-11,14,25H,1-5,12-13H2,(H,27,28). The number of alkyl halides is 1. The quantitative estimate of drug-likeness (QED) is 0.253. The average molecular weight is 459 g/mol. The van der Waals surface area contributed by atoms with E-state index in [9.17, 15) is 14.7 Å². The molecule has 0 radical (unpaired) electrons. The van der Waals surface area contributed by atoms with E-state index < -0.39 is 5.97 Å². The van der Waals surface area contributed by atoms with Gasteiger partial charge in [-0.25, -0.2) is 4.79 Å². The molecule has 29 heavy (non-hydrogen) atoms. The van der Waals surface area contributed by atoms with Crippen LogP contribution in [0.2, 0.25) is 0 Å². The number of aromatic carboxylic acids is 1. The zero-order chi connectivity index (χ0) is 20.8. The maximum atomic E-state index is 13.3. The minimum Gasteiger partial charge on any atom is -0.478 e. The smallest absolute Gasteiger partial charge is 0.335 e. The van der Waals surface area contributed by atoms with E-state index in [1.54, 1.807) is 6.07 Å². The zero-order valence-electron chi connectivity index (χ0n) is 16.0. The van der Waals surface area contributed by atoms with Crippen LogP contribution < -0.4 is 0 Å². The summed E-state index contributed by atoms with van der Waals surface area (Å²) in [5.74, 6) is -0.703. The molecule has 152 valence electrons. The Balaban J connectivity index is 2.01. The van der Waals surface area contributed by atoms with Crippen molar-refractivity contribution in [2.24, 2.45) is 0 Å². The van der Waals surface area contributed by atoms with Gasteiger partial charge < -0.3 is 14.6 Å². The molecule has 3 aromatic rings. The first-order valence-corrected chi connectivity index (χ1v) is 10.8. The molecule has 5 nitrogen and oxygen atoms in total. The number of rotatable bonds is 10. The second-order valence-corrected chi connectivity index (χ2v) is 7.71. The first-order chi connectivity index (χ1) is 14.0. The molecule has 0 amide bonds. The number of aliphatic hydroxyl groups is 1. The summed E-state index contributed by atoms with van der Waals surface area (Å²) < 4.78 is 5.90. The SMILES string of the molecule is O=C(O)c1ccc2oc(CCCCO)c(C(=O)c3ccc(CCCBr)cc3)c2c1. The number of carbonyl (C=O) groups excluding carboxylic acids is 1. The Kier molecular flexibility index (Phi) is 7.23. The number of aryl methyl sites for hydroxylation is 2. The second kappa shape index (κ2) is 9.85. The lowest BCUT2D eigenvalue weighted by atomic mass is 9.96. The zero-order valence-corrected chi connectivity index (χ0v) is 17.6. The second-order valence-electron chi connectivity index (χ2n) is 6.92. The average Bonchev–Trinajstić information content (AvgIpc) is 3.09. The highest BCUT2D eigenvalue weighted by atomic mass is 79.9. The maximum absolute atomic E-state index is 13.3. The van der Waals surface area contributed by atoms with Crippen molar-refractivity contribution in [1.29, 1.82) is 0 Å². The monoisotopic (exact) mass is 458 g/mol. The molecular weight excluding hydrogens is 436 g/mol. The van der Waals surface area contributed by atoms with Gasteiger partial charge in [-0.15, -0.1) is 0 Å². The first kappa shape index (κ1) is 21.3. The summed E-state index contributed by atoms with van der Waals surface area (Å²) in [6, 6.07) is 12.1. The van der Waals surface area contributed by atoms with Gasteiger partial charge in [0.05, 0.1) is 11.1 Å². The summed E-state index contributed by atoms with van der Waals surface area (Å²) in [5.41, 5.74) is 2.72. The van der Waals surface area contributed by atoms with Crippen LogP contribution in [0, 0.1) is 0 Å². The van der Waals surface area contributed by atoms with Gasteiger partial charge in [-0.05, 0) is 49.4 Å². The number of ketones is 1. The van der Waals surface area contributed by atoms with Crippen molar-refractivity contribution < 1.29 is 24.2 Å². The van der Waals surface area contributed by atoms with Gasteiger partial charge in [0.1, 0.15) is 11.3 Å². The molecule has 6 heteroatoms. The van der Waals surface area contributed by atoms with E-state index in [1.807, 2.05) is 24.3 Å². The highest BCUT2D eigenvalue weighted by Gasteiger charge is 2.23. The van der Waals surface area contributed by atoms with Gasteiger partial charge in [0.25, 0.3) is 0 Å². The van der Waals surface area contributed by atoms with Gasteiger partial charge in [0.2, 0.25) is 0 Å². The van der Waals surface area contributed by atoms with Crippen molar-refractivity contribution in [2.75, 3.05) is 11.9 Å². The molecule has 0 aliphatic carbocycles. The first-order valence-electron chi connectivity index (χ1n) is 9.64. The predicted octanol–water partition coefficient (Wildman–Crippen LogP) is 5.00. The highest BCUT2D eigenvalue weighted by Crippen LogP contribution is 2.30. The summed E-state index contributed by atoms with van der Waals surface area (Å²) in [4.78, 5) is 24.7. The molecule has 0 spiro atoms. The summed E-state index contributed by atoms with van der Waals surface area (Å²) in [5, 5.41) is 19.8. The Morgan fingerprint density at radius 2 is 1.66 bits per heavy atom. The van der Waals surface area contributed by atoms with Gasteiger partial charge in [-0.2, -0.15) is 0 Å². The number of benzene rings is 2. The molecule has 1 heterocycles. The molecule has 0 fully saturated rings. The van der Waals surface area contributed by atoms with E-state index in [0.717, 1.165) is 23.7 Å². The summed E-state index contributed by atoms with van der Waals surface area (Å²) >= 11 is 3.42. The van der Waals surface area contributed by atoms with Gasteiger partial charge in [-0.3, -0.25) is 4.79 Å². The van der Waals surface area contributed by atoms with Crippen LogP contribution in [-0.2, 0) is 12.8 Å². The molecule has 2 aromatic carbocycles. The topological polar surface area (TPSA) is 87.7 Å². The molecule has 0 aliphatic rings. The Morgan fingerprint density at radius 3 is 2.31 bits per heavy atom. The van der Waals surface area contributed by atoms with Crippen LogP contribution >= 0.6 is 15.9 Å². The van der Waals surface area contributed by atoms with Crippen molar-refractivity contribution in [3.8, 4) is 0 Å². The van der Waals surface area contributed by atoms with Crippen LogP contribution in [-0.4, -0.2) is 33.9 Å². The van der Waals surface area contributed by atoms with Crippen LogP contribution in [0.5, 0.6) is 0 Å². The third kappa shape index (κ3) is 4.95. The number of hydrogen-bond donors (Lipinski definition) is 2. The molecule has 3 rings (SSSR count). The van der Waals surface area contributed by atoms with E-state index in [4.69, 9.17) is 9.52 Å². The lowest BCUT2D eigenvalue weighted by Crippen LogP contribution is -2.05. The van der Waals surface area contributed by atoms with Crippen molar-refractivity contribution in [3.05, 3.63) is 70.5 Å². The van der Waals surface area contributed by atoms with E-state index in [0.29, 0.717) is 47.1 Å². The molecule has 1 aromatic heterocycles. The minimum absolute atomic E-state index is 0.0720. The van der Waals surface area contributed by atoms with Gasteiger partial charge in [0, 0.05) is 29.3 Å². The molecule has 0 saturated heterocycles. The molecule has 0 aliphatic heterocycles. The van der Waals surface area contributed by atoms with Gasteiger partial charge in [-0.1, -0.05) is 40.2 Å². The Bertz CT molecular complexity index is 1000. The van der Waals surface area contributed by atoms with E-state index in [2.05, 4.69) is 15.9 Å². The fraction of sp³-hybridized carbons (Fsp3) is 0.304. The van der Waals surface area contributed by atoms with Crippen molar-refractivity contribution in [1.82, 2.24) is 0 Å². The third-order valence-electron chi connectivity index (χ3n) is 4.86. The number of carbonyl (C=O) groups is 2. The predicted molar refractivity (Wildman–Crippen MR) is 115 cm³/mol. The molecule has 2 N–H and O–H groups in total. The highest BCUT2D eigenvalue weighted by molar-refractivity contribution is 9.09. The summed E-state index contributed by atoms with van der Waals surface area (Å²) in [6.45, 7) is 0.0720. The number of unbranched alkanes of at least 4 members (excludes halogenated alkanes) is 1. The number of carboxylic acid groups (broad SMARTS) is 1. The summed E-state index contributed by atoms with van der Waals surface area (Å²) in [7, 11) is 0. The number of halogens is 1. The van der Waals surface area contributed by atoms with Crippen molar-refractivity contribution in [2.45, 2.75) is 32.1 Å². The number of fused-ring (bicyclic) bond motifs is 1. The fourth-order valence-electron chi connectivity index (χ4n) is 3.34. The molecule has 0 unspecified atom stereocenters.